The van der Waals surface area contributed by atoms with Crippen LogP contribution in [0.3, 0.4) is 0 Å². The predicted molar refractivity (Wildman–Crippen MR) is 42.0 cm³/mol. The van der Waals surface area contributed by atoms with E-state index in [2.05, 4.69) is 0 Å². The molecule has 0 aromatic heterocycles. The van der Waals surface area contributed by atoms with E-state index in [0.29, 0.717) is 6.10 Å². The molecule has 2 heterocycles. The number of likely N-dealkylation sites (tertiary alicyclic amines) is 1. The fourth-order valence-electron chi connectivity index (χ4n) is 1.76. The van der Waals surface area contributed by atoms with E-state index in [1.807, 2.05) is 4.90 Å². The van der Waals surface area contributed by atoms with E-state index in [0.717, 1.165) is 32.5 Å². The van der Waals surface area contributed by atoms with Crippen molar-refractivity contribution < 1.29 is 14.6 Å². The van der Waals surface area contributed by atoms with E-state index in [1.54, 1.807) is 0 Å². The molecule has 1 N–H and O–H groups in total. The Morgan fingerprint density at radius 3 is 3.00 bits per heavy atom. The van der Waals surface area contributed by atoms with E-state index in [-0.39, 0.29) is 6.04 Å². The van der Waals surface area contributed by atoms with Crippen molar-refractivity contribution in [2.24, 2.45) is 0 Å². The van der Waals surface area contributed by atoms with Crippen molar-refractivity contribution in [2.45, 2.75) is 25.0 Å². The van der Waals surface area contributed by atoms with Crippen LogP contribution in [0.25, 0.3) is 0 Å². The summed E-state index contributed by atoms with van der Waals surface area (Å²) in [6.07, 6.45) is 2.11. The second kappa shape index (κ2) is 3.03. The van der Waals surface area contributed by atoms with Crippen molar-refractivity contribution in [3.05, 3.63) is 0 Å². The summed E-state index contributed by atoms with van der Waals surface area (Å²) >= 11 is 0. The average Bonchev–Trinajstić information content (AvgIpc) is 2.66. The number of aliphatic carboxylic acids is 1. The van der Waals surface area contributed by atoms with Gasteiger partial charge in [-0.25, -0.2) is 0 Å². The molecule has 0 spiro atoms. The van der Waals surface area contributed by atoms with Gasteiger partial charge >= 0.3 is 5.97 Å². The van der Waals surface area contributed by atoms with Gasteiger partial charge in [-0.15, -0.1) is 0 Å². The van der Waals surface area contributed by atoms with Gasteiger partial charge in [0, 0.05) is 6.54 Å². The Morgan fingerprint density at radius 1 is 1.67 bits per heavy atom. The molecular weight excluding hydrogens is 158 g/mol. The summed E-state index contributed by atoms with van der Waals surface area (Å²) in [7, 11) is 0. The lowest BCUT2D eigenvalue weighted by Crippen LogP contribution is -2.38. The normalized spacial score (nSPS) is 35.3. The summed E-state index contributed by atoms with van der Waals surface area (Å²) in [4.78, 5) is 12.7. The Kier molecular flexibility index (Phi) is 2.02. The number of rotatable bonds is 3. The van der Waals surface area contributed by atoms with Crippen molar-refractivity contribution in [3.8, 4) is 0 Å². The van der Waals surface area contributed by atoms with E-state index >= 15 is 0 Å². The second-order valence-electron chi connectivity index (χ2n) is 3.45. The molecule has 2 rings (SSSR count). The van der Waals surface area contributed by atoms with Crippen LogP contribution in [0.4, 0.5) is 0 Å². The van der Waals surface area contributed by atoms with Crippen molar-refractivity contribution >= 4 is 5.97 Å². The molecule has 12 heavy (non-hydrogen) atoms. The third-order valence-electron chi connectivity index (χ3n) is 2.49. The van der Waals surface area contributed by atoms with Gasteiger partial charge in [0.15, 0.2) is 0 Å². The van der Waals surface area contributed by atoms with Crippen molar-refractivity contribution in [1.82, 2.24) is 4.90 Å². The molecule has 0 radical (unpaired) electrons. The molecule has 0 aromatic carbocycles. The number of ether oxygens (including phenoxy) is 1. The van der Waals surface area contributed by atoms with Gasteiger partial charge in [0.1, 0.15) is 6.04 Å². The van der Waals surface area contributed by atoms with Crippen LogP contribution < -0.4 is 0 Å². The largest absolute Gasteiger partial charge is 0.480 e. The molecule has 0 aliphatic carbocycles. The van der Waals surface area contributed by atoms with Crippen molar-refractivity contribution in [2.75, 3.05) is 19.7 Å². The highest BCUT2D eigenvalue weighted by molar-refractivity contribution is 5.73. The Bertz CT molecular complexity index is 191. The molecule has 2 aliphatic rings. The maximum atomic E-state index is 10.7. The summed E-state index contributed by atoms with van der Waals surface area (Å²) in [5, 5.41) is 8.83. The van der Waals surface area contributed by atoms with Gasteiger partial charge in [0.05, 0.1) is 12.7 Å². The lowest BCUT2D eigenvalue weighted by Gasteiger charge is -2.19. The van der Waals surface area contributed by atoms with Gasteiger partial charge in [-0.05, 0) is 19.4 Å². The SMILES string of the molecule is O=C(O)C1CCCN1CC1CO1. The fraction of sp³-hybridized carbons (Fsp3) is 0.875. The topological polar surface area (TPSA) is 53.1 Å². The molecule has 4 heteroatoms. The van der Waals surface area contributed by atoms with Gasteiger partial charge in [0.2, 0.25) is 0 Å². The zero-order valence-electron chi connectivity index (χ0n) is 6.90. The molecule has 0 aromatic rings. The van der Waals surface area contributed by atoms with Gasteiger partial charge in [-0.1, -0.05) is 0 Å². The summed E-state index contributed by atoms with van der Waals surface area (Å²) in [5.74, 6) is -0.687. The number of epoxide rings is 1. The van der Waals surface area contributed by atoms with Crippen LogP contribution in [-0.2, 0) is 9.53 Å². The van der Waals surface area contributed by atoms with Gasteiger partial charge in [-0.3, -0.25) is 9.69 Å². The number of carboxylic acid groups (broad SMARTS) is 1. The summed E-state index contributed by atoms with van der Waals surface area (Å²) in [5.41, 5.74) is 0. The molecule has 0 bridgehead atoms. The Balaban J connectivity index is 1.88. The summed E-state index contributed by atoms with van der Waals surface area (Å²) < 4.78 is 5.06. The first-order valence-electron chi connectivity index (χ1n) is 4.36. The maximum absolute atomic E-state index is 10.7. The monoisotopic (exact) mass is 171 g/mol. The lowest BCUT2D eigenvalue weighted by atomic mass is 10.2. The average molecular weight is 171 g/mol. The second-order valence-corrected chi connectivity index (χ2v) is 3.45. The summed E-state index contributed by atoms with van der Waals surface area (Å²) in [6.45, 7) is 2.52. The van der Waals surface area contributed by atoms with Gasteiger partial charge in [-0.2, -0.15) is 0 Å². The number of nitrogens with zero attached hydrogens (tertiary/aromatic N) is 1. The van der Waals surface area contributed by atoms with Crippen LogP contribution in [-0.4, -0.2) is 47.8 Å². The number of hydrogen-bond donors (Lipinski definition) is 1. The van der Waals surface area contributed by atoms with Crippen LogP contribution in [0, 0.1) is 0 Å². The quantitative estimate of drug-likeness (QED) is 0.604. The molecule has 2 atom stereocenters. The van der Waals surface area contributed by atoms with Crippen LogP contribution >= 0.6 is 0 Å². The molecule has 2 aliphatic heterocycles. The predicted octanol–water partition coefficient (Wildman–Crippen LogP) is -0.0658. The van der Waals surface area contributed by atoms with Gasteiger partial charge < -0.3 is 9.84 Å². The van der Waals surface area contributed by atoms with E-state index < -0.39 is 5.97 Å². The Hall–Kier alpha value is -0.610. The molecule has 68 valence electrons. The minimum Gasteiger partial charge on any atom is -0.480 e. The molecule has 4 nitrogen and oxygen atoms in total. The molecular formula is C8H13NO3. The minimum atomic E-state index is -0.687. The van der Waals surface area contributed by atoms with E-state index in [4.69, 9.17) is 9.84 Å². The smallest absolute Gasteiger partial charge is 0.320 e. The van der Waals surface area contributed by atoms with Crippen molar-refractivity contribution in [3.63, 3.8) is 0 Å². The highest BCUT2D eigenvalue weighted by Crippen LogP contribution is 2.21. The Labute approximate surface area is 71.1 Å². The molecule has 2 saturated heterocycles. The van der Waals surface area contributed by atoms with Gasteiger partial charge in [0.25, 0.3) is 0 Å². The standard InChI is InChI=1S/C8H13NO3/c10-8(11)7-2-1-3-9(7)4-6-5-12-6/h6-7H,1-5H2,(H,10,11). The number of carboxylic acids is 1. The fourth-order valence-corrected chi connectivity index (χ4v) is 1.76. The Morgan fingerprint density at radius 2 is 2.42 bits per heavy atom. The number of hydrogen-bond acceptors (Lipinski definition) is 3. The van der Waals surface area contributed by atoms with Crippen LogP contribution in [0.1, 0.15) is 12.8 Å². The summed E-state index contributed by atoms with van der Waals surface area (Å²) in [6, 6.07) is -0.255. The highest BCUT2D eigenvalue weighted by atomic mass is 16.6. The molecule has 0 amide bonds. The zero-order chi connectivity index (χ0) is 8.55. The van der Waals surface area contributed by atoms with E-state index in [9.17, 15) is 4.79 Å². The first kappa shape index (κ1) is 8.01. The van der Waals surface area contributed by atoms with Crippen molar-refractivity contribution in [1.29, 1.82) is 0 Å². The highest BCUT2D eigenvalue weighted by Gasteiger charge is 2.35. The molecule has 2 unspecified atom stereocenters. The van der Waals surface area contributed by atoms with Crippen LogP contribution in [0.15, 0.2) is 0 Å². The lowest BCUT2D eigenvalue weighted by molar-refractivity contribution is -0.142. The number of carbonyl (C=O) groups is 1. The minimum absolute atomic E-state index is 0.255. The zero-order valence-corrected chi connectivity index (χ0v) is 6.90. The first-order chi connectivity index (χ1) is 5.77. The maximum Gasteiger partial charge on any atom is 0.320 e. The third kappa shape index (κ3) is 1.59. The van der Waals surface area contributed by atoms with Crippen LogP contribution in [0.5, 0.6) is 0 Å². The molecule has 2 fully saturated rings. The van der Waals surface area contributed by atoms with E-state index in [1.165, 1.54) is 0 Å². The third-order valence-corrected chi connectivity index (χ3v) is 2.49. The first-order valence-corrected chi connectivity index (χ1v) is 4.36. The molecule has 0 saturated carbocycles. The van der Waals surface area contributed by atoms with Crippen LogP contribution in [0.2, 0.25) is 0 Å².